The lowest BCUT2D eigenvalue weighted by Gasteiger charge is -2.33. The number of pyridine rings is 1. The van der Waals surface area contributed by atoms with Gasteiger partial charge in [-0.2, -0.15) is 5.10 Å². The molecular weight excluding hydrogens is 398 g/mol. The Hall–Kier alpha value is -3.71. The van der Waals surface area contributed by atoms with Crippen LogP contribution in [-0.2, 0) is 0 Å². The maximum absolute atomic E-state index is 4.98. The maximum Gasteiger partial charge on any atom is 0.159 e. The number of piperazine rings is 1. The van der Waals surface area contributed by atoms with Crippen LogP contribution in [0.4, 0.5) is 5.69 Å². The zero-order chi connectivity index (χ0) is 21.7. The van der Waals surface area contributed by atoms with Crippen LogP contribution in [0.1, 0.15) is 5.56 Å². The molecule has 3 aromatic heterocycles. The topological polar surface area (TPSA) is 76.7 Å². The Morgan fingerprint density at radius 3 is 2.59 bits per heavy atom. The molecule has 5 aromatic rings. The lowest BCUT2D eigenvalue weighted by Crippen LogP contribution is -2.44. The van der Waals surface area contributed by atoms with Crippen molar-refractivity contribution in [3.8, 4) is 22.6 Å². The van der Waals surface area contributed by atoms with Crippen LogP contribution < -0.4 is 4.90 Å². The molecule has 160 valence electrons. The number of nitrogens with one attached hydrogen (secondary N) is 2. The number of rotatable bonds is 3. The average molecular weight is 424 g/mol. The van der Waals surface area contributed by atoms with E-state index in [9.17, 15) is 0 Å². The lowest BCUT2D eigenvalue weighted by molar-refractivity contribution is 0.313. The van der Waals surface area contributed by atoms with Gasteiger partial charge < -0.3 is 14.8 Å². The van der Waals surface area contributed by atoms with Crippen molar-refractivity contribution in [1.29, 1.82) is 0 Å². The third-order valence-corrected chi connectivity index (χ3v) is 6.36. The van der Waals surface area contributed by atoms with E-state index in [-0.39, 0.29) is 0 Å². The average Bonchev–Trinajstić information content (AvgIpc) is 3.43. The van der Waals surface area contributed by atoms with Gasteiger partial charge in [-0.25, -0.2) is 4.98 Å². The van der Waals surface area contributed by atoms with Gasteiger partial charge in [0.2, 0.25) is 0 Å². The number of aromatic nitrogens is 5. The van der Waals surface area contributed by atoms with E-state index in [0.717, 1.165) is 65.3 Å². The Bertz CT molecular complexity index is 1420. The molecule has 7 nitrogen and oxygen atoms in total. The molecule has 0 saturated carbocycles. The molecule has 7 heteroatoms. The molecule has 0 aliphatic carbocycles. The number of imidazole rings is 1. The van der Waals surface area contributed by atoms with Crippen LogP contribution in [0.3, 0.4) is 0 Å². The largest absolute Gasteiger partial charge is 0.366 e. The van der Waals surface area contributed by atoms with Crippen molar-refractivity contribution in [2.45, 2.75) is 6.92 Å². The van der Waals surface area contributed by atoms with Crippen molar-refractivity contribution in [3.05, 3.63) is 60.4 Å². The SMILES string of the molecule is Cc1cccc(-c2ccc3[nH]nc(-c4nc5c(N6CCN(C)CC6)cncc5[nH]4)c3c2)c1. The van der Waals surface area contributed by atoms with Crippen molar-refractivity contribution in [1.82, 2.24) is 30.0 Å². The first kappa shape index (κ1) is 19.0. The molecule has 0 amide bonds. The minimum Gasteiger partial charge on any atom is -0.366 e. The minimum absolute atomic E-state index is 0.760. The smallest absolute Gasteiger partial charge is 0.159 e. The predicted octanol–water partition coefficient (Wildman–Crippen LogP) is 4.23. The summed E-state index contributed by atoms with van der Waals surface area (Å²) in [6.45, 7) is 6.15. The molecule has 0 atom stereocenters. The van der Waals surface area contributed by atoms with Crippen molar-refractivity contribution >= 4 is 27.6 Å². The van der Waals surface area contributed by atoms with Crippen LogP contribution in [0, 0.1) is 6.92 Å². The highest BCUT2D eigenvalue weighted by atomic mass is 15.3. The minimum atomic E-state index is 0.760. The Balaban J connectivity index is 1.44. The van der Waals surface area contributed by atoms with E-state index in [4.69, 9.17) is 4.98 Å². The molecule has 4 heterocycles. The molecule has 6 rings (SSSR count). The first-order chi connectivity index (χ1) is 15.7. The lowest BCUT2D eigenvalue weighted by atomic mass is 10.0. The molecule has 2 aromatic carbocycles. The van der Waals surface area contributed by atoms with Crippen LogP contribution in [0.15, 0.2) is 54.9 Å². The molecule has 1 saturated heterocycles. The van der Waals surface area contributed by atoms with Crippen LogP contribution in [-0.4, -0.2) is 63.3 Å². The zero-order valence-electron chi connectivity index (χ0n) is 18.3. The van der Waals surface area contributed by atoms with Gasteiger partial charge in [-0.1, -0.05) is 35.9 Å². The van der Waals surface area contributed by atoms with Crippen molar-refractivity contribution < 1.29 is 0 Å². The number of fused-ring (bicyclic) bond motifs is 2. The highest BCUT2D eigenvalue weighted by Crippen LogP contribution is 2.32. The fourth-order valence-corrected chi connectivity index (χ4v) is 4.51. The van der Waals surface area contributed by atoms with E-state index in [1.54, 1.807) is 0 Å². The number of likely N-dealkylation sites (N-methyl/N-ethyl adjacent to an activating group) is 1. The summed E-state index contributed by atoms with van der Waals surface area (Å²) in [5.74, 6) is 0.760. The second-order valence-corrected chi connectivity index (χ2v) is 8.63. The summed E-state index contributed by atoms with van der Waals surface area (Å²) in [6, 6.07) is 15.0. The predicted molar refractivity (Wildman–Crippen MR) is 129 cm³/mol. The first-order valence-corrected chi connectivity index (χ1v) is 11.0. The van der Waals surface area contributed by atoms with Gasteiger partial charge in [0.15, 0.2) is 5.82 Å². The maximum atomic E-state index is 4.98. The standard InChI is InChI=1S/C25H25N7/c1-16-4-3-5-17(12-16)18-6-7-20-19(13-18)23(30-29-20)25-27-21-14-26-15-22(24(21)28-25)32-10-8-31(2)9-11-32/h3-7,12-15H,8-11H2,1-2H3,(H,27,28)(H,29,30). The number of nitrogens with zero attached hydrogens (tertiary/aromatic N) is 5. The molecule has 0 unspecified atom stereocenters. The fraction of sp³-hybridized carbons (Fsp3) is 0.240. The Labute approximate surface area is 186 Å². The number of aryl methyl sites for hydroxylation is 1. The summed E-state index contributed by atoms with van der Waals surface area (Å²) in [6.07, 6.45) is 3.77. The van der Waals surface area contributed by atoms with E-state index in [1.807, 2.05) is 12.4 Å². The Morgan fingerprint density at radius 1 is 0.906 bits per heavy atom. The monoisotopic (exact) mass is 423 g/mol. The normalized spacial score (nSPS) is 15.1. The van der Waals surface area contributed by atoms with Gasteiger partial charge in [0.25, 0.3) is 0 Å². The molecule has 0 radical (unpaired) electrons. The molecule has 1 fully saturated rings. The second-order valence-electron chi connectivity index (χ2n) is 8.63. The summed E-state index contributed by atoms with van der Waals surface area (Å²) in [5.41, 5.74) is 8.40. The Kier molecular flexibility index (Phi) is 4.43. The highest BCUT2D eigenvalue weighted by molar-refractivity contribution is 5.97. The number of anilines is 1. The van der Waals surface area contributed by atoms with Gasteiger partial charge in [0.05, 0.1) is 29.1 Å². The van der Waals surface area contributed by atoms with Gasteiger partial charge in [-0.3, -0.25) is 10.1 Å². The molecule has 1 aliphatic heterocycles. The van der Waals surface area contributed by atoms with Gasteiger partial charge in [-0.15, -0.1) is 0 Å². The molecule has 0 bridgehead atoms. The van der Waals surface area contributed by atoms with E-state index >= 15 is 0 Å². The first-order valence-electron chi connectivity index (χ1n) is 11.0. The molecule has 2 N–H and O–H groups in total. The van der Waals surface area contributed by atoms with E-state index in [1.165, 1.54) is 16.7 Å². The van der Waals surface area contributed by atoms with Crippen molar-refractivity contribution in [3.63, 3.8) is 0 Å². The number of hydrogen-bond donors (Lipinski definition) is 2. The third-order valence-electron chi connectivity index (χ3n) is 6.36. The van der Waals surface area contributed by atoms with Gasteiger partial charge in [0, 0.05) is 31.6 Å². The van der Waals surface area contributed by atoms with Gasteiger partial charge in [0.1, 0.15) is 11.2 Å². The number of hydrogen-bond acceptors (Lipinski definition) is 5. The summed E-state index contributed by atoms with van der Waals surface area (Å²) >= 11 is 0. The van der Waals surface area contributed by atoms with Crippen molar-refractivity contribution in [2.24, 2.45) is 0 Å². The molecule has 32 heavy (non-hydrogen) atoms. The zero-order valence-corrected chi connectivity index (χ0v) is 18.3. The number of benzene rings is 2. The molecule has 0 spiro atoms. The fourth-order valence-electron chi connectivity index (χ4n) is 4.51. The number of H-pyrrole nitrogens is 2. The quantitative estimate of drug-likeness (QED) is 0.454. The van der Waals surface area contributed by atoms with Crippen LogP contribution >= 0.6 is 0 Å². The van der Waals surface area contributed by atoms with Crippen molar-refractivity contribution in [2.75, 3.05) is 38.1 Å². The van der Waals surface area contributed by atoms with Crippen LogP contribution in [0.5, 0.6) is 0 Å². The third kappa shape index (κ3) is 3.22. The van der Waals surface area contributed by atoms with Crippen LogP contribution in [0.2, 0.25) is 0 Å². The molecular formula is C25H25N7. The van der Waals surface area contributed by atoms with E-state index < -0.39 is 0 Å². The second kappa shape index (κ2) is 7.46. The van der Waals surface area contributed by atoms with Gasteiger partial charge >= 0.3 is 0 Å². The summed E-state index contributed by atoms with van der Waals surface area (Å²) in [7, 11) is 2.16. The summed E-state index contributed by atoms with van der Waals surface area (Å²) < 4.78 is 0. The summed E-state index contributed by atoms with van der Waals surface area (Å²) in [5, 5.41) is 8.82. The van der Waals surface area contributed by atoms with Gasteiger partial charge in [-0.05, 0) is 37.2 Å². The number of aromatic amines is 2. The van der Waals surface area contributed by atoms with E-state index in [0.29, 0.717) is 0 Å². The van der Waals surface area contributed by atoms with Crippen LogP contribution in [0.25, 0.3) is 44.6 Å². The van der Waals surface area contributed by atoms with E-state index in [2.05, 4.69) is 86.4 Å². The highest BCUT2D eigenvalue weighted by Gasteiger charge is 2.20. The Morgan fingerprint density at radius 2 is 1.75 bits per heavy atom. The summed E-state index contributed by atoms with van der Waals surface area (Å²) in [4.78, 5) is 17.6. The molecule has 1 aliphatic rings.